The van der Waals surface area contributed by atoms with Crippen LogP contribution in [0.5, 0.6) is 0 Å². The van der Waals surface area contributed by atoms with Crippen LogP contribution in [0, 0.1) is 6.07 Å². The maximum absolute atomic E-state index is 11.4. The molecule has 0 atom stereocenters. The van der Waals surface area contributed by atoms with Crippen molar-refractivity contribution in [3.8, 4) is 0 Å². The summed E-state index contributed by atoms with van der Waals surface area (Å²) in [6.07, 6.45) is 0. The van der Waals surface area contributed by atoms with Gasteiger partial charge in [-0.15, -0.1) is 30.3 Å². The van der Waals surface area contributed by atoms with Crippen LogP contribution in [0.1, 0.15) is 31.1 Å². The van der Waals surface area contributed by atoms with Gasteiger partial charge in [-0.25, -0.2) is 0 Å². The molecule has 0 saturated heterocycles. The molecule has 0 aliphatic rings. The number of hydrogen-bond donors (Lipinski definition) is 0. The summed E-state index contributed by atoms with van der Waals surface area (Å²) in [5.74, 6) is -0.326. The minimum Gasteiger partial charge on any atom is -0.500 e. The Morgan fingerprint density at radius 3 is 2.43 bits per heavy atom. The molecular formula is C11H13LiO2. The summed E-state index contributed by atoms with van der Waals surface area (Å²) in [6, 6.07) is 9.80. The molecule has 0 aromatic heterocycles. The van der Waals surface area contributed by atoms with Crippen LogP contribution in [0.3, 0.4) is 0 Å². The molecule has 14 heavy (non-hydrogen) atoms. The summed E-state index contributed by atoms with van der Waals surface area (Å²) < 4.78 is 5.15. The minimum atomic E-state index is -0.444. The van der Waals surface area contributed by atoms with Gasteiger partial charge in [-0.2, -0.15) is 0 Å². The molecule has 0 unspecified atom stereocenters. The molecule has 0 amide bonds. The van der Waals surface area contributed by atoms with Gasteiger partial charge in [0.25, 0.3) is 5.97 Å². The third-order valence-corrected chi connectivity index (χ3v) is 1.33. The molecule has 2 nitrogen and oxygen atoms in total. The van der Waals surface area contributed by atoms with Gasteiger partial charge in [-0.3, -0.25) is 0 Å². The first-order chi connectivity index (χ1) is 5.99. The van der Waals surface area contributed by atoms with E-state index in [-0.39, 0.29) is 24.8 Å². The second-order valence-electron chi connectivity index (χ2n) is 3.78. The van der Waals surface area contributed by atoms with Crippen molar-refractivity contribution in [2.75, 3.05) is 0 Å². The van der Waals surface area contributed by atoms with E-state index in [0.29, 0.717) is 5.56 Å². The molecule has 1 aromatic rings. The number of ether oxygens (including phenoxy) is 1. The van der Waals surface area contributed by atoms with Gasteiger partial charge < -0.3 is 9.53 Å². The smallest absolute Gasteiger partial charge is 0.500 e. The summed E-state index contributed by atoms with van der Waals surface area (Å²) in [4.78, 5) is 11.4. The maximum Gasteiger partial charge on any atom is 1.00 e. The van der Waals surface area contributed by atoms with Gasteiger partial charge >= 0.3 is 18.9 Å². The molecule has 3 heteroatoms. The van der Waals surface area contributed by atoms with Crippen molar-refractivity contribution in [1.82, 2.24) is 0 Å². The SMILES string of the molecule is CC(C)(C)OC(=O)c1[c-]cccc1.[Li+]. The zero-order valence-corrected chi connectivity index (χ0v) is 9.13. The van der Waals surface area contributed by atoms with Gasteiger partial charge in [0.1, 0.15) is 0 Å². The van der Waals surface area contributed by atoms with E-state index < -0.39 is 5.60 Å². The van der Waals surface area contributed by atoms with Crippen molar-refractivity contribution >= 4 is 5.97 Å². The Morgan fingerprint density at radius 1 is 1.36 bits per heavy atom. The zero-order chi connectivity index (χ0) is 9.90. The molecule has 0 saturated carbocycles. The van der Waals surface area contributed by atoms with Gasteiger partial charge in [0.05, 0.1) is 5.60 Å². The Hall–Kier alpha value is -0.713. The Kier molecular flexibility index (Phi) is 4.97. The molecule has 0 fully saturated rings. The minimum absolute atomic E-state index is 0. The third-order valence-electron chi connectivity index (χ3n) is 1.33. The topological polar surface area (TPSA) is 26.3 Å². The first-order valence-corrected chi connectivity index (χ1v) is 4.19. The molecular weight excluding hydrogens is 171 g/mol. The van der Waals surface area contributed by atoms with E-state index in [4.69, 9.17) is 4.74 Å². The van der Waals surface area contributed by atoms with E-state index in [1.165, 1.54) is 0 Å². The summed E-state index contributed by atoms with van der Waals surface area (Å²) in [7, 11) is 0. The first-order valence-electron chi connectivity index (χ1n) is 4.19. The number of benzene rings is 1. The van der Waals surface area contributed by atoms with Crippen molar-refractivity contribution in [1.29, 1.82) is 0 Å². The summed E-state index contributed by atoms with van der Waals surface area (Å²) in [5.41, 5.74) is 0.0262. The van der Waals surface area contributed by atoms with Crippen LogP contribution in [-0.2, 0) is 4.74 Å². The van der Waals surface area contributed by atoms with Gasteiger partial charge in [0.2, 0.25) is 0 Å². The maximum atomic E-state index is 11.4. The number of hydrogen-bond acceptors (Lipinski definition) is 2. The van der Waals surface area contributed by atoms with Crippen LogP contribution < -0.4 is 18.9 Å². The van der Waals surface area contributed by atoms with Crippen LogP contribution in [0.15, 0.2) is 24.3 Å². The van der Waals surface area contributed by atoms with Crippen molar-refractivity contribution in [2.45, 2.75) is 26.4 Å². The number of rotatable bonds is 1. The molecule has 0 heterocycles. The standard InChI is InChI=1S/C11H13O2.Li/c1-11(2,3)13-10(12)9-7-5-4-6-8-9;/h4-7H,1-3H3;/q-1;+1. The van der Waals surface area contributed by atoms with Crippen LogP contribution in [0.25, 0.3) is 0 Å². The average Bonchev–Trinajstić information content (AvgIpc) is 2.03. The van der Waals surface area contributed by atoms with E-state index >= 15 is 0 Å². The molecule has 0 aliphatic heterocycles. The van der Waals surface area contributed by atoms with Gasteiger partial charge in [0, 0.05) is 0 Å². The number of esters is 1. The summed E-state index contributed by atoms with van der Waals surface area (Å²) in [5, 5.41) is 0. The summed E-state index contributed by atoms with van der Waals surface area (Å²) >= 11 is 0. The summed E-state index contributed by atoms with van der Waals surface area (Å²) in [6.45, 7) is 5.52. The predicted molar refractivity (Wildman–Crippen MR) is 50.4 cm³/mol. The number of carbonyl (C=O) groups excluding carboxylic acids is 1. The molecule has 0 aliphatic carbocycles. The second kappa shape index (κ2) is 5.24. The van der Waals surface area contributed by atoms with Gasteiger partial charge in [-0.05, 0) is 20.8 Å². The van der Waals surface area contributed by atoms with Crippen LogP contribution in [0.2, 0.25) is 0 Å². The third kappa shape index (κ3) is 4.50. The molecule has 1 rings (SSSR count). The van der Waals surface area contributed by atoms with E-state index in [9.17, 15) is 4.79 Å². The van der Waals surface area contributed by atoms with E-state index in [2.05, 4.69) is 6.07 Å². The second-order valence-corrected chi connectivity index (χ2v) is 3.78. The monoisotopic (exact) mass is 184 g/mol. The molecule has 0 N–H and O–H groups in total. The Labute approximate surface area is 96.8 Å². The Balaban J connectivity index is 0.00000169. The number of carbonyl (C=O) groups is 1. The average molecular weight is 184 g/mol. The quantitative estimate of drug-likeness (QED) is 0.332. The van der Waals surface area contributed by atoms with Crippen molar-refractivity contribution < 1.29 is 28.4 Å². The van der Waals surface area contributed by atoms with Crippen molar-refractivity contribution in [3.63, 3.8) is 0 Å². The Morgan fingerprint density at radius 2 is 2.00 bits per heavy atom. The molecule has 0 radical (unpaired) electrons. The van der Waals surface area contributed by atoms with Crippen molar-refractivity contribution in [3.05, 3.63) is 35.9 Å². The molecule has 1 aromatic carbocycles. The predicted octanol–water partition coefficient (Wildman–Crippen LogP) is -0.554. The van der Waals surface area contributed by atoms with Crippen molar-refractivity contribution in [2.24, 2.45) is 0 Å². The first kappa shape index (κ1) is 13.3. The molecule has 0 bridgehead atoms. The molecule has 70 valence electrons. The van der Waals surface area contributed by atoms with E-state index in [0.717, 1.165) is 0 Å². The Bertz CT molecular complexity index is 288. The fourth-order valence-corrected chi connectivity index (χ4v) is 0.853. The largest absolute Gasteiger partial charge is 1.00 e. The van der Waals surface area contributed by atoms with Crippen LogP contribution in [-0.4, -0.2) is 11.6 Å². The van der Waals surface area contributed by atoms with E-state index in [1.807, 2.05) is 26.8 Å². The fraction of sp³-hybridized carbons (Fsp3) is 0.364. The van der Waals surface area contributed by atoms with Gasteiger partial charge in [-0.1, -0.05) is 5.56 Å². The van der Waals surface area contributed by atoms with Crippen LogP contribution in [0.4, 0.5) is 0 Å². The van der Waals surface area contributed by atoms with Crippen LogP contribution >= 0.6 is 0 Å². The molecule has 0 spiro atoms. The van der Waals surface area contributed by atoms with E-state index in [1.54, 1.807) is 18.2 Å². The fourth-order valence-electron chi connectivity index (χ4n) is 0.853. The normalized spacial score (nSPS) is 10.2. The zero-order valence-electron chi connectivity index (χ0n) is 9.13. The van der Waals surface area contributed by atoms with Gasteiger partial charge in [0.15, 0.2) is 0 Å².